The minimum atomic E-state index is -0.598. The number of aliphatic hydroxyl groups is 1. The number of thioether (sulfide) groups is 1. The molecule has 0 spiro atoms. The molecular formula is C14H15NOS. The summed E-state index contributed by atoms with van der Waals surface area (Å²) in [4.78, 5) is 4.31. The van der Waals surface area contributed by atoms with Gasteiger partial charge in [0.1, 0.15) is 6.10 Å². The van der Waals surface area contributed by atoms with Crippen LogP contribution < -0.4 is 0 Å². The fraction of sp³-hybridized carbons (Fsp3) is 0.214. The van der Waals surface area contributed by atoms with Crippen molar-refractivity contribution in [3.63, 3.8) is 0 Å². The molecule has 0 aliphatic rings. The highest BCUT2D eigenvalue weighted by Crippen LogP contribution is 2.25. The molecular weight excluding hydrogens is 230 g/mol. The van der Waals surface area contributed by atoms with E-state index in [4.69, 9.17) is 0 Å². The Balaban J connectivity index is 2.34. The van der Waals surface area contributed by atoms with E-state index >= 15 is 0 Å². The summed E-state index contributed by atoms with van der Waals surface area (Å²) < 4.78 is 0. The van der Waals surface area contributed by atoms with E-state index in [0.29, 0.717) is 0 Å². The molecule has 0 saturated heterocycles. The average molecular weight is 245 g/mol. The van der Waals surface area contributed by atoms with Crippen molar-refractivity contribution in [3.05, 3.63) is 59.3 Å². The number of aryl methyl sites for hydroxylation is 1. The Labute approximate surface area is 106 Å². The molecule has 0 bridgehead atoms. The van der Waals surface area contributed by atoms with Crippen LogP contribution in [0.4, 0.5) is 0 Å². The topological polar surface area (TPSA) is 33.1 Å². The van der Waals surface area contributed by atoms with Crippen molar-refractivity contribution in [1.82, 2.24) is 4.98 Å². The van der Waals surface area contributed by atoms with Crippen LogP contribution in [0.3, 0.4) is 0 Å². The van der Waals surface area contributed by atoms with Crippen LogP contribution in [0.5, 0.6) is 0 Å². The number of aromatic nitrogens is 1. The molecule has 1 heterocycles. The predicted octanol–water partition coefficient (Wildman–Crippen LogP) is 3.19. The zero-order valence-electron chi connectivity index (χ0n) is 9.92. The lowest BCUT2D eigenvalue weighted by molar-refractivity contribution is 0.219. The van der Waals surface area contributed by atoms with Gasteiger partial charge in [0.2, 0.25) is 0 Å². The molecule has 3 heteroatoms. The van der Waals surface area contributed by atoms with Crippen molar-refractivity contribution in [1.29, 1.82) is 0 Å². The summed E-state index contributed by atoms with van der Waals surface area (Å²) in [7, 11) is 0. The summed E-state index contributed by atoms with van der Waals surface area (Å²) in [6.45, 7) is 2.00. The lowest BCUT2D eigenvalue weighted by Crippen LogP contribution is -2.02. The summed E-state index contributed by atoms with van der Waals surface area (Å²) in [6.07, 6.45) is 3.16. The van der Waals surface area contributed by atoms with Crippen LogP contribution in [-0.2, 0) is 0 Å². The summed E-state index contributed by atoms with van der Waals surface area (Å²) in [5, 5.41) is 11.3. The van der Waals surface area contributed by atoms with Crippen LogP contribution in [0.2, 0.25) is 0 Å². The largest absolute Gasteiger partial charge is 0.384 e. The van der Waals surface area contributed by atoms with E-state index in [9.17, 15) is 5.11 Å². The molecule has 0 unspecified atom stereocenters. The fourth-order valence-electron chi connectivity index (χ4n) is 1.75. The van der Waals surface area contributed by atoms with Crippen molar-refractivity contribution < 1.29 is 5.11 Å². The summed E-state index contributed by atoms with van der Waals surface area (Å²) >= 11 is 1.61. The van der Waals surface area contributed by atoms with Gasteiger partial charge in [-0.05, 0) is 30.4 Å². The number of aliphatic hydroxyl groups excluding tert-OH is 1. The minimum absolute atomic E-state index is 0.598. The first-order chi connectivity index (χ1) is 8.22. The third-order valence-corrected chi connectivity index (χ3v) is 3.39. The predicted molar refractivity (Wildman–Crippen MR) is 71.3 cm³/mol. The van der Waals surface area contributed by atoms with E-state index in [-0.39, 0.29) is 0 Å². The first-order valence-electron chi connectivity index (χ1n) is 5.46. The van der Waals surface area contributed by atoms with Crippen LogP contribution in [-0.4, -0.2) is 16.3 Å². The number of rotatable bonds is 3. The standard InChI is InChI=1S/C14H15NOS/c1-10-8-13(17-2)15-9-12(10)14(16)11-6-4-3-5-7-11/h3-9,14,16H,1-2H3/t14-/m0/s1. The van der Waals surface area contributed by atoms with Crippen LogP contribution in [0.15, 0.2) is 47.6 Å². The highest BCUT2D eigenvalue weighted by Gasteiger charge is 2.13. The maximum atomic E-state index is 10.3. The van der Waals surface area contributed by atoms with Gasteiger partial charge in [-0.2, -0.15) is 0 Å². The molecule has 0 amide bonds. The maximum absolute atomic E-state index is 10.3. The normalized spacial score (nSPS) is 12.4. The van der Waals surface area contributed by atoms with Gasteiger partial charge in [0, 0.05) is 11.8 Å². The first kappa shape index (κ1) is 12.1. The van der Waals surface area contributed by atoms with Crippen molar-refractivity contribution >= 4 is 11.8 Å². The Bertz CT molecular complexity index is 499. The van der Waals surface area contributed by atoms with E-state index < -0.39 is 6.10 Å². The Hall–Kier alpha value is -1.32. The Morgan fingerprint density at radius 1 is 1.24 bits per heavy atom. The third-order valence-electron chi connectivity index (χ3n) is 2.75. The van der Waals surface area contributed by atoms with Gasteiger partial charge in [0.25, 0.3) is 0 Å². The molecule has 1 aromatic carbocycles. The van der Waals surface area contributed by atoms with Crippen molar-refractivity contribution in [2.75, 3.05) is 6.26 Å². The molecule has 2 rings (SSSR count). The molecule has 0 radical (unpaired) electrons. The molecule has 17 heavy (non-hydrogen) atoms. The lowest BCUT2D eigenvalue weighted by Gasteiger charge is -2.14. The summed E-state index contributed by atoms with van der Waals surface area (Å²) in [6, 6.07) is 11.7. The SMILES string of the molecule is CSc1cc(C)c([C@@H](O)c2ccccc2)cn1. The molecule has 2 aromatic rings. The second kappa shape index (κ2) is 5.34. The van der Waals surface area contributed by atoms with Crippen LogP contribution in [0.1, 0.15) is 22.8 Å². The van der Waals surface area contributed by atoms with Crippen LogP contribution >= 0.6 is 11.8 Å². The number of hydrogen-bond acceptors (Lipinski definition) is 3. The zero-order chi connectivity index (χ0) is 12.3. The first-order valence-corrected chi connectivity index (χ1v) is 6.68. The molecule has 1 atom stereocenters. The number of hydrogen-bond donors (Lipinski definition) is 1. The molecule has 1 N–H and O–H groups in total. The number of nitrogens with zero attached hydrogens (tertiary/aromatic N) is 1. The second-order valence-electron chi connectivity index (χ2n) is 3.90. The molecule has 0 aliphatic heterocycles. The van der Waals surface area contributed by atoms with E-state index in [0.717, 1.165) is 21.7 Å². The van der Waals surface area contributed by atoms with Crippen molar-refractivity contribution in [2.24, 2.45) is 0 Å². The highest BCUT2D eigenvalue weighted by atomic mass is 32.2. The second-order valence-corrected chi connectivity index (χ2v) is 4.72. The van der Waals surface area contributed by atoms with Gasteiger partial charge in [0.05, 0.1) is 5.03 Å². The number of pyridine rings is 1. The van der Waals surface area contributed by atoms with E-state index in [1.807, 2.05) is 49.6 Å². The quantitative estimate of drug-likeness (QED) is 0.843. The Kier molecular flexibility index (Phi) is 3.82. The molecule has 0 fully saturated rings. The number of benzene rings is 1. The third kappa shape index (κ3) is 2.68. The van der Waals surface area contributed by atoms with Gasteiger partial charge in [0.15, 0.2) is 0 Å². The minimum Gasteiger partial charge on any atom is -0.384 e. The zero-order valence-corrected chi connectivity index (χ0v) is 10.7. The fourth-order valence-corrected chi connectivity index (χ4v) is 2.21. The smallest absolute Gasteiger partial charge is 0.106 e. The summed E-state index contributed by atoms with van der Waals surface area (Å²) in [5.41, 5.74) is 2.84. The molecule has 0 saturated carbocycles. The van der Waals surface area contributed by atoms with Crippen molar-refractivity contribution in [3.8, 4) is 0 Å². The molecule has 2 nitrogen and oxygen atoms in total. The molecule has 88 valence electrons. The molecule has 0 aliphatic carbocycles. The molecule has 1 aromatic heterocycles. The maximum Gasteiger partial charge on any atom is 0.106 e. The van der Waals surface area contributed by atoms with Gasteiger partial charge in [-0.3, -0.25) is 0 Å². The van der Waals surface area contributed by atoms with Gasteiger partial charge >= 0.3 is 0 Å². The highest BCUT2D eigenvalue weighted by molar-refractivity contribution is 7.98. The Morgan fingerprint density at radius 2 is 1.94 bits per heavy atom. The van der Waals surface area contributed by atoms with Gasteiger partial charge in [-0.1, -0.05) is 30.3 Å². The van der Waals surface area contributed by atoms with Crippen LogP contribution in [0, 0.1) is 6.92 Å². The van der Waals surface area contributed by atoms with E-state index in [1.165, 1.54) is 0 Å². The van der Waals surface area contributed by atoms with Crippen LogP contribution in [0.25, 0.3) is 0 Å². The van der Waals surface area contributed by atoms with Crippen molar-refractivity contribution in [2.45, 2.75) is 18.1 Å². The van der Waals surface area contributed by atoms with Gasteiger partial charge in [-0.15, -0.1) is 11.8 Å². The van der Waals surface area contributed by atoms with Gasteiger partial charge in [-0.25, -0.2) is 4.98 Å². The monoisotopic (exact) mass is 245 g/mol. The van der Waals surface area contributed by atoms with E-state index in [2.05, 4.69) is 4.98 Å². The van der Waals surface area contributed by atoms with Gasteiger partial charge < -0.3 is 5.11 Å². The van der Waals surface area contributed by atoms with E-state index in [1.54, 1.807) is 18.0 Å². The lowest BCUT2D eigenvalue weighted by atomic mass is 10.00. The summed E-state index contributed by atoms with van der Waals surface area (Å²) in [5.74, 6) is 0. The average Bonchev–Trinajstić information content (AvgIpc) is 2.39. The Morgan fingerprint density at radius 3 is 2.53 bits per heavy atom.